The summed E-state index contributed by atoms with van der Waals surface area (Å²) in [5.41, 5.74) is 9.89. The molecule has 2 aromatic heterocycles. The van der Waals surface area contributed by atoms with Crippen molar-refractivity contribution in [2.75, 3.05) is 9.80 Å². The summed E-state index contributed by atoms with van der Waals surface area (Å²) >= 11 is 0. The normalized spacial score (nSPS) is 11.7. The van der Waals surface area contributed by atoms with Gasteiger partial charge in [0.15, 0.2) is 0 Å². The third-order valence-electron chi connectivity index (χ3n) is 10.6. The van der Waals surface area contributed by atoms with Crippen LogP contribution in [-0.2, 0) is 0 Å². The molecule has 0 aliphatic carbocycles. The molecule has 0 fully saturated rings. The molecule has 9 aromatic carbocycles. The van der Waals surface area contributed by atoms with Gasteiger partial charge in [-0.2, -0.15) is 0 Å². The van der Waals surface area contributed by atoms with E-state index >= 15 is 0 Å². The summed E-state index contributed by atoms with van der Waals surface area (Å²) in [7, 11) is 0. The van der Waals surface area contributed by atoms with Gasteiger partial charge >= 0.3 is 0 Å². The molecule has 11 aromatic rings. The predicted molar refractivity (Wildman–Crippen MR) is 225 cm³/mol. The van der Waals surface area contributed by atoms with Gasteiger partial charge in [-0.3, -0.25) is 0 Å². The lowest BCUT2D eigenvalue weighted by molar-refractivity contribution is 0.668. The van der Waals surface area contributed by atoms with E-state index in [1.54, 1.807) is 0 Å². The van der Waals surface area contributed by atoms with Crippen molar-refractivity contribution in [2.45, 2.75) is 0 Å². The molecule has 4 nitrogen and oxygen atoms in total. The largest absolute Gasteiger partial charge is 0.456 e. The van der Waals surface area contributed by atoms with Crippen LogP contribution < -0.4 is 9.80 Å². The number of para-hydroxylation sites is 3. The number of benzene rings is 9. The lowest BCUT2D eigenvalue weighted by atomic mass is 10.0. The quantitative estimate of drug-likeness (QED) is 0.174. The topological polar surface area (TPSA) is 32.8 Å². The van der Waals surface area contributed by atoms with Crippen LogP contribution in [0.3, 0.4) is 0 Å². The Kier molecular flexibility index (Phi) is 6.82. The average Bonchev–Trinajstić information content (AvgIpc) is 3.80. The first kappa shape index (κ1) is 30.3. The molecular weight excluding hydrogens is 661 g/mol. The SMILES string of the molecule is c1ccc(N(c2cccc(N(c3ccc4ccccc4c3)c3ccc4oc5ccccc5c4c3)c2)c2ccc3ccc4oc5ccccc5c4c3c2)cc1. The van der Waals surface area contributed by atoms with Crippen LogP contribution in [0.1, 0.15) is 0 Å². The summed E-state index contributed by atoms with van der Waals surface area (Å²) in [4.78, 5) is 4.69. The average molecular weight is 693 g/mol. The highest BCUT2D eigenvalue weighted by atomic mass is 16.3. The maximum Gasteiger partial charge on any atom is 0.136 e. The van der Waals surface area contributed by atoms with Gasteiger partial charge in [-0.1, -0.05) is 103 Å². The van der Waals surface area contributed by atoms with Crippen molar-refractivity contribution in [3.05, 3.63) is 194 Å². The van der Waals surface area contributed by atoms with Gasteiger partial charge in [-0.05, 0) is 113 Å². The Morgan fingerprint density at radius 2 is 0.759 bits per heavy atom. The molecule has 0 aliphatic heterocycles. The second-order valence-electron chi connectivity index (χ2n) is 13.8. The number of nitrogens with zero attached hydrogens (tertiary/aromatic N) is 2. The Morgan fingerprint density at radius 3 is 1.57 bits per heavy atom. The van der Waals surface area contributed by atoms with Crippen LogP contribution in [0.2, 0.25) is 0 Å². The minimum atomic E-state index is 0.873. The minimum Gasteiger partial charge on any atom is -0.456 e. The second-order valence-corrected chi connectivity index (χ2v) is 13.8. The molecule has 0 radical (unpaired) electrons. The third kappa shape index (κ3) is 4.92. The van der Waals surface area contributed by atoms with E-state index in [0.29, 0.717) is 0 Å². The van der Waals surface area contributed by atoms with Crippen LogP contribution in [0.4, 0.5) is 34.1 Å². The van der Waals surface area contributed by atoms with Crippen LogP contribution in [0, 0.1) is 0 Å². The van der Waals surface area contributed by atoms with E-state index in [0.717, 1.165) is 83.4 Å². The summed E-state index contributed by atoms with van der Waals surface area (Å²) in [5, 5.41) is 9.17. The van der Waals surface area contributed by atoms with Crippen LogP contribution >= 0.6 is 0 Å². The molecule has 0 aliphatic rings. The zero-order chi connectivity index (χ0) is 35.6. The lowest BCUT2D eigenvalue weighted by Crippen LogP contribution is -2.13. The number of furan rings is 2. The molecule has 11 rings (SSSR count). The van der Waals surface area contributed by atoms with Gasteiger partial charge in [0.05, 0.1) is 0 Å². The van der Waals surface area contributed by atoms with Crippen molar-refractivity contribution in [3.8, 4) is 0 Å². The van der Waals surface area contributed by atoms with Gasteiger partial charge in [0.2, 0.25) is 0 Å². The smallest absolute Gasteiger partial charge is 0.136 e. The Morgan fingerprint density at radius 1 is 0.259 bits per heavy atom. The van der Waals surface area contributed by atoms with Crippen LogP contribution in [-0.4, -0.2) is 0 Å². The van der Waals surface area contributed by atoms with Gasteiger partial charge in [0.1, 0.15) is 22.3 Å². The minimum absolute atomic E-state index is 0.873. The number of anilines is 6. The third-order valence-corrected chi connectivity index (χ3v) is 10.6. The molecule has 2 heterocycles. The van der Waals surface area contributed by atoms with E-state index in [9.17, 15) is 0 Å². The summed E-state index contributed by atoms with van der Waals surface area (Å²) < 4.78 is 12.6. The Bertz CT molecular complexity index is 3190. The zero-order valence-corrected chi connectivity index (χ0v) is 29.2. The van der Waals surface area contributed by atoms with Crippen LogP contribution in [0.15, 0.2) is 203 Å². The van der Waals surface area contributed by atoms with Crippen LogP contribution in [0.25, 0.3) is 65.4 Å². The highest BCUT2D eigenvalue weighted by molar-refractivity contribution is 6.19. The molecule has 0 spiro atoms. The molecule has 54 heavy (non-hydrogen) atoms. The fourth-order valence-corrected chi connectivity index (χ4v) is 8.08. The van der Waals surface area contributed by atoms with Gasteiger partial charge < -0.3 is 18.6 Å². The lowest BCUT2D eigenvalue weighted by Gasteiger charge is -2.29. The first-order chi connectivity index (χ1) is 26.7. The highest BCUT2D eigenvalue weighted by Crippen LogP contribution is 2.44. The standard InChI is InChI=1S/C50H32N2O2/c1-2-13-36(14-3-1)51(40-25-22-34-23-27-49-50(44(34)31-40)43-18-7-9-20-47(43)54-49)37-15-10-16-38(30-37)52(39-24-21-33-11-4-5-12-35(33)29-39)41-26-28-48-45(32-41)42-17-6-8-19-46(42)53-48/h1-32H. The molecular formula is C50H32N2O2. The molecule has 0 amide bonds. The summed E-state index contributed by atoms with van der Waals surface area (Å²) in [6.07, 6.45) is 0. The number of rotatable bonds is 6. The van der Waals surface area contributed by atoms with Gasteiger partial charge in [0, 0.05) is 55.7 Å². The van der Waals surface area contributed by atoms with Crippen molar-refractivity contribution in [2.24, 2.45) is 0 Å². The monoisotopic (exact) mass is 692 g/mol. The van der Waals surface area contributed by atoms with E-state index in [4.69, 9.17) is 8.83 Å². The Labute approximate surface area is 311 Å². The van der Waals surface area contributed by atoms with Crippen molar-refractivity contribution >= 4 is 99.5 Å². The molecule has 4 heteroatoms. The Balaban J connectivity index is 1.12. The number of fused-ring (bicyclic) bond motifs is 9. The van der Waals surface area contributed by atoms with E-state index in [1.807, 2.05) is 24.3 Å². The fourth-order valence-electron chi connectivity index (χ4n) is 8.08. The van der Waals surface area contributed by atoms with Crippen LogP contribution in [0.5, 0.6) is 0 Å². The van der Waals surface area contributed by atoms with E-state index in [1.165, 1.54) is 16.2 Å². The molecule has 0 unspecified atom stereocenters. The van der Waals surface area contributed by atoms with Crippen molar-refractivity contribution in [3.63, 3.8) is 0 Å². The summed E-state index contributed by atoms with van der Waals surface area (Å²) in [6, 6.07) is 68.7. The predicted octanol–water partition coefficient (Wildman–Crippen LogP) is 14.7. The van der Waals surface area contributed by atoms with E-state index in [2.05, 4.69) is 180 Å². The van der Waals surface area contributed by atoms with E-state index in [-0.39, 0.29) is 0 Å². The Hall–Kier alpha value is -7.30. The molecule has 0 saturated carbocycles. The highest BCUT2D eigenvalue weighted by Gasteiger charge is 2.20. The first-order valence-corrected chi connectivity index (χ1v) is 18.2. The molecule has 0 atom stereocenters. The zero-order valence-electron chi connectivity index (χ0n) is 29.2. The van der Waals surface area contributed by atoms with Crippen molar-refractivity contribution < 1.29 is 8.83 Å². The molecule has 0 saturated heterocycles. The first-order valence-electron chi connectivity index (χ1n) is 18.2. The van der Waals surface area contributed by atoms with Gasteiger partial charge in [0.25, 0.3) is 0 Å². The van der Waals surface area contributed by atoms with Crippen molar-refractivity contribution in [1.29, 1.82) is 0 Å². The summed E-state index contributed by atoms with van der Waals surface area (Å²) in [6.45, 7) is 0. The maximum atomic E-state index is 6.30. The van der Waals surface area contributed by atoms with Gasteiger partial charge in [-0.15, -0.1) is 0 Å². The van der Waals surface area contributed by atoms with E-state index < -0.39 is 0 Å². The molecule has 0 bridgehead atoms. The number of hydrogen-bond acceptors (Lipinski definition) is 4. The molecule has 0 N–H and O–H groups in total. The van der Waals surface area contributed by atoms with Gasteiger partial charge in [-0.25, -0.2) is 0 Å². The maximum absolute atomic E-state index is 6.30. The molecule has 254 valence electrons. The fraction of sp³-hybridized carbons (Fsp3) is 0. The second kappa shape index (κ2) is 12.1. The number of hydrogen-bond donors (Lipinski definition) is 0. The van der Waals surface area contributed by atoms with Crippen molar-refractivity contribution in [1.82, 2.24) is 0 Å². The summed E-state index contributed by atoms with van der Waals surface area (Å²) in [5.74, 6) is 0.